The molecule has 0 fully saturated rings. The Hall–Kier alpha value is -1.39. The minimum Gasteiger partial charge on any atom is -0.388 e. The molecule has 4 heteroatoms. The normalized spacial score (nSPS) is 14.1. The zero-order chi connectivity index (χ0) is 13.5. The summed E-state index contributed by atoms with van der Waals surface area (Å²) < 4.78 is 2.07. The molecule has 2 rings (SSSR count). The van der Waals surface area contributed by atoms with Crippen LogP contribution in [0.5, 0.6) is 0 Å². The number of rotatable bonds is 3. The molecule has 0 amide bonds. The first-order chi connectivity index (χ1) is 8.34. The Balaban J connectivity index is 2.53. The standard InChI is InChI=1S/C14H21N3O/c1-9-16-11-8-10(6-7-12(11)17(9)5)13(15-4)14(2,3)18/h6-8,13,15,18H,1-5H3. The van der Waals surface area contributed by atoms with E-state index in [-0.39, 0.29) is 6.04 Å². The third-order valence-corrected chi connectivity index (χ3v) is 3.46. The summed E-state index contributed by atoms with van der Waals surface area (Å²) in [5, 5.41) is 13.3. The maximum atomic E-state index is 10.2. The second-order valence-electron chi connectivity index (χ2n) is 5.34. The van der Waals surface area contributed by atoms with E-state index in [1.807, 2.05) is 47.0 Å². The van der Waals surface area contributed by atoms with Gasteiger partial charge in [0.25, 0.3) is 0 Å². The van der Waals surface area contributed by atoms with Crippen molar-refractivity contribution in [2.75, 3.05) is 7.05 Å². The molecule has 18 heavy (non-hydrogen) atoms. The summed E-state index contributed by atoms with van der Waals surface area (Å²) in [7, 11) is 3.87. The Bertz CT molecular complexity index is 566. The summed E-state index contributed by atoms with van der Waals surface area (Å²) in [5.74, 6) is 0.992. The fourth-order valence-electron chi connectivity index (χ4n) is 2.44. The lowest BCUT2D eigenvalue weighted by Gasteiger charge is -2.29. The molecule has 1 aromatic heterocycles. The van der Waals surface area contributed by atoms with E-state index in [1.165, 1.54) is 0 Å². The molecule has 0 radical (unpaired) electrons. The van der Waals surface area contributed by atoms with Crippen molar-refractivity contribution in [3.05, 3.63) is 29.6 Å². The predicted octanol–water partition coefficient (Wildman–Crippen LogP) is 1.91. The number of aromatic nitrogens is 2. The Morgan fingerprint density at radius 3 is 2.61 bits per heavy atom. The van der Waals surface area contributed by atoms with Crippen molar-refractivity contribution >= 4 is 11.0 Å². The van der Waals surface area contributed by atoms with E-state index in [0.717, 1.165) is 22.4 Å². The summed E-state index contributed by atoms with van der Waals surface area (Å²) in [4.78, 5) is 4.53. The molecule has 0 aliphatic carbocycles. The summed E-state index contributed by atoms with van der Waals surface area (Å²) in [5.41, 5.74) is 2.32. The van der Waals surface area contributed by atoms with Crippen LogP contribution in [0.25, 0.3) is 11.0 Å². The number of nitrogens with one attached hydrogen (secondary N) is 1. The number of fused-ring (bicyclic) bond motifs is 1. The van der Waals surface area contributed by atoms with Crippen molar-refractivity contribution in [1.29, 1.82) is 0 Å². The van der Waals surface area contributed by atoms with Crippen molar-refractivity contribution in [2.45, 2.75) is 32.4 Å². The van der Waals surface area contributed by atoms with Crippen LogP contribution in [0.3, 0.4) is 0 Å². The monoisotopic (exact) mass is 247 g/mol. The molecule has 0 aliphatic heterocycles. The van der Waals surface area contributed by atoms with Crippen LogP contribution in [0.2, 0.25) is 0 Å². The number of imidazole rings is 1. The first-order valence-corrected chi connectivity index (χ1v) is 6.17. The van der Waals surface area contributed by atoms with Crippen LogP contribution < -0.4 is 5.32 Å². The van der Waals surface area contributed by atoms with E-state index in [4.69, 9.17) is 0 Å². The molecule has 2 N–H and O–H groups in total. The molecule has 1 unspecified atom stereocenters. The van der Waals surface area contributed by atoms with Gasteiger partial charge in [-0.2, -0.15) is 0 Å². The average molecular weight is 247 g/mol. The Morgan fingerprint density at radius 1 is 1.39 bits per heavy atom. The van der Waals surface area contributed by atoms with Crippen molar-refractivity contribution in [2.24, 2.45) is 7.05 Å². The molecule has 1 atom stereocenters. The number of hydrogen-bond acceptors (Lipinski definition) is 3. The van der Waals surface area contributed by atoms with Gasteiger partial charge in [-0.25, -0.2) is 4.98 Å². The van der Waals surface area contributed by atoms with Crippen LogP contribution in [-0.2, 0) is 7.05 Å². The number of nitrogens with zero attached hydrogens (tertiary/aromatic N) is 2. The molecule has 1 heterocycles. The topological polar surface area (TPSA) is 50.1 Å². The van der Waals surface area contributed by atoms with E-state index in [1.54, 1.807) is 0 Å². The Morgan fingerprint density at radius 2 is 2.06 bits per heavy atom. The summed E-state index contributed by atoms with van der Waals surface area (Å²) in [6, 6.07) is 6.04. The molecule has 98 valence electrons. The Kier molecular flexibility index (Phi) is 3.17. The lowest BCUT2D eigenvalue weighted by molar-refractivity contribution is 0.0401. The SMILES string of the molecule is CNC(c1ccc2c(c1)nc(C)n2C)C(C)(C)O. The first-order valence-electron chi connectivity index (χ1n) is 6.17. The second-order valence-corrected chi connectivity index (χ2v) is 5.34. The zero-order valence-electron chi connectivity index (χ0n) is 11.7. The maximum absolute atomic E-state index is 10.2. The number of hydrogen-bond donors (Lipinski definition) is 2. The highest BCUT2D eigenvalue weighted by Gasteiger charge is 2.27. The van der Waals surface area contributed by atoms with E-state index in [2.05, 4.69) is 20.9 Å². The van der Waals surface area contributed by atoms with Crippen molar-refractivity contribution in [1.82, 2.24) is 14.9 Å². The molecule has 0 aliphatic rings. The van der Waals surface area contributed by atoms with Gasteiger partial charge in [0, 0.05) is 7.05 Å². The van der Waals surface area contributed by atoms with Gasteiger partial charge in [-0.05, 0) is 45.5 Å². The summed E-state index contributed by atoms with van der Waals surface area (Å²) >= 11 is 0. The molecule has 0 spiro atoms. The van der Waals surface area contributed by atoms with Crippen molar-refractivity contribution in [3.63, 3.8) is 0 Å². The van der Waals surface area contributed by atoms with Gasteiger partial charge in [0.2, 0.25) is 0 Å². The van der Waals surface area contributed by atoms with Crippen LogP contribution in [0.4, 0.5) is 0 Å². The number of likely N-dealkylation sites (N-methyl/N-ethyl adjacent to an activating group) is 1. The van der Waals surface area contributed by atoms with E-state index < -0.39 is 5.60 Å². The fraction of sp³-hybridized carbons (Fsp3) is 0.500. The van der Waals surface area contributed by atoms with Gasteiger partial charge in [-0.1, -0.05) is 6.07 Å². The van der Waals surface area contributed by atoms with Crippen LogP contribution in [-0.4, -0.2) is 27.3 Å². The van der Waals surface area contributed by atoms with Gasteiger partial charge in [-0.15, -0.1) is 0 Å². The van der Waals surface area contributed by atoms with Crippen LogP contribution in [0.15, 0.2) is 18.2 Å². The van der Waals surface area contributed by atoms with Gasteiger partial charge in [0.05, 0.1) is 22.7 Å². The third kappa shape index (κ3) is 2.13. The lowest BCUT2D eigenvalue weighted by atomic mass is 9.92. The fourth-order valence-corrected chi connectivity index (χ4v) is 2.44. The van der Waals surface area contributed by atoms with Crippen molar-refractivity contribution in [3.8, 4) is 0 Å². The molecule has 0 saturated carbocycles. The van der Waals surface area contributed by atoms with Crippen LogP contribution in [0.1, 0.15) is 31.3 Å². The summed E-state index contributed by atoms with van der Waals surface area (Å²) in [6.07, 6.45) is 0. The number of aliphatic hydroxyl groups is 1. The maximum Gasteiger partial charge on any atom is 0.106 e. The quantitative estimate of drug-likeness (QED) is 0.871. The lowest BCUT2D eigenvalue weighted by Crippen LogP contribution is -2.37. The number of aryl methyl sites for hydroxylation is 2. The van der Waals surface area contributed by atoms with Crippen LogP contribution >= 0.6 is 0 Å². The van der Waals surface area contributed by atoms with Gasteiger partial charge < -0.3 is 15.0 Å². The molecular weight excluding hydrogens is 226 g/mol. The van der Waals surface area contributed by atoms with Gasteiger partial charge >= 0.3 is 0 Å². The van der Waals surface area contributed by atoms with Crippen LogP contribution in [0, 0.1) is 6.92 Å². The van der Waals surface area contributed by atoms with Gasteiger partial charge in [0.15, 0.2) is 0 Å². The smallest absolute Gasteiger partial charge is 0.106 e. The van der Waals surface area contributed by atoms with E-state index in [0.29, 0.717) is 0 Å². The predicted molar refractivity (Wildman–Crippen MR) is 73.5 cm³/mol. The van der Waals surface area contributed by atoms with E-state index >= 15 is 0 Å². The molecule has 0 saturated heterocycles. The Labute approximate surface area is 108 Å². The molecule has 4 nitrogen and oxygen atoms in total. The summed E-state index contributed by atoms with van der Waals surface area (Å²) in [6.45, 7) is 5.61. The van der Waals surface area contributed by atoms with Gasteiger partial charge in [-0.3, -0.25) is 0 Å². The zero-order valence-corrected chi connectivity index (χ0v) is 11.7. The minimum absolute atomic E-state index is 0.107. The second kappa shape index (κ2) is 4.37. The molecule has 1 aromatic carbocycles. The molecule has 0 bridgehead atoms. The van der Waals surface area contributed by atoms with Gasteiger partial charge in [0.1, 0.15) is 5.82 Å². The van der Waals surface area contributed by atoms with Crippen molar-refractivity contribution < 1.29 is 5.11 Å². The minimum atomic E-state index is -0.813. The first kappa shape index (κ1) is 13.1. The molecule has 2 aromatic rings. The highest BCUT2D eigenvalue weighted by atomic mass is 16.3. The molecular formula is C14H21N3O. The average Bonchev–Trinajstić information content (AvgIpc) is 2.53. The van der Waals surface area contributed by atoms with E-state index in [9.17, 15) is 5.11 Å². The largest absolute Gasteiger partial charge is 0.388 e. The highest BCUT2D eigenvalue weighted by molar-refractivity contribution is 5.77. The highest BCUT2D eigenvalue weighted by Crippen LogP contribution is 2.27. The third-order valence-electron chi connectivity index (χ3n) is 3.46. The number of benzene rings is 1.